The molecule has 1 aromatic carbocycles. The van der Waals surface area contributed by atoms with Gasteiger partial charge in [-0.3, -0.25) is 0 Å². The molecule has 102 valence electrons. The van der Waals surface area contributed by atoms with E-state index in [4.69, 9.17) is 5.26 Å². The Morgan fingerprint density at radius 2 is 2.20 bits per heavy atom. The van der Waals surface area contributed by atoms with E-state index in [9.17, 15) is 0 Å². The Balaban J connectivity index is 2.30. The predicted octanol–water partition coefficient (Wildman–Crippen LogP) is 5.07. The number of thioether (sulfide) groups is 1. The molecular formula is C18H19NS. The SMILES string of the molecule is C=C/C=C(\C=C)C(C)C1Sc2cc(C#N)ccc2C1C. The third kappa shape index (κ3) is 2.59. The molecule has 2 rings (SSSR count). The van der Waals surface area contributed by atoms with Crippen molar-refractivity contribution < 1.29 is 0 Å². The van der Waals surface area contributed by atoms with Gasteiger partial charge >= 0.3 is 0 Å². The molecule has 1 aliphatic rings. The molecule has 1 nitrogen and oxygen atoms in total. The summed E-state index contributed by atoms with van der Waals surface area (Å²) in [4.78, 5) is 1.25. The first kappa shape index (κ1) is 14.7. The van der Waals surface area contributed by atoms with Crippen LogP contribution in [0.4, 0.5) is 0 Å². The topological polar surface area (TPSA) is 23.8 Å². The average Bonchev–Trinajstić information content (AvgIpc) is 2.80. The summed E-state index contributed by atoms with van der Waals surface area (Å²) in [5.74, 6) is 0.884. The predicted molar refractivity (Wildman–Crippen MR) is 86.9 cm³/mol. The number of allylic oxidation sites excluding steroid dienone is 4. The van der Waals surface area contributed by atoms with Crippen molar-refractivity contribution in [2.24, 2.45) is 5.92 Å². The van der Waals surface area contributed by atoms with Crippen LogP contribution in [0.3, 0.4) is 0 Å². The third-order valence-electron chi connectivity index (χ3n) is 3.95. The molecule has 0 aliphatic carbocycles. The van der Waals surface area contributed by atoms with E-state index in [0.717, 1.165) is 5.56 Å². The summed E-state index contributed by atoms with van der Waals surface area (Å²) in [5, 5.41) is 9.49. The van der Waals surface area contributed by atoms with Crippen molar-refractivity contribution in [3.63, 3.8) is 0 Å². The van der Waals surface area contributed by atoms with E-state index in [1.807, 2.05) is 42.1 Å². The lowest BCUT2D eigenvalue weighted by atomic mass is 9.86. The molecule has 0 aromatic heterocycles. The van der Waals surface area contributed by atoms with Crippen LogP contribution in [0.15, 0.2) is 60.1 Å². The second-order valence-corrected chi connectivity index (χ2v) is 6.35. The van der Waals surface area contributed by atoms with E-state index >= 15 is 0 Å². The fraction of sp³-hybridized carbons (Fsp3) is 0.278. The van der Waals surface area contributed by atoms with E-state index < -0.39 is 0 Å². The summed E-state index contributed by atoms with van der Waals surface area (Å²) in [7, 11) is 0. The van der Waals surface area contributed by atoms with Gasteiger partial charge in [-0.1, -0.05) is 51.3 Å². The second-order valence-electron chi connectivity index (χ2n) is 5.13. The number of hydrogen-bond acceptors (Lipinski definition) is 2. The maximum Gasteiger partial charge on any atom is 0.0992 e. The number of nitrogens with zero attached hydrogens (tertiary/aromatic N) is 1. The van der Waals surface area contributed by atoms with Crippen LogP contribution >= 0.6 is 11.8 Å². The first-order chi connectivity index (χ1) is 9.62. The average molecular weight is 281 g/mol. The molecule has 20 heavy (non-hydrogen) atoms. The normalized spacial score (nSPS) is 22.8. The van der Waals surface area contributed by atoms with Crippen molar-refractivity contribution >= 4 is 11.8 Å². The van der Waals surface area contributed by atoms with Gasteiger partial charge in [0.05, 0.1) is 11.6 Å². The molecule has 0 spiro atoms. The number of nitriles is 1. The molecule has 1 aromatic rings. The fourth-order valence-corrected chi connectivity index (χ4v) is 4.36. The largest absolute Gasteiger partial charge is 0.192 e. The van der Waals surface area contributed by atoms with Crippen LogP contribution in [-0.2, 0) is 0 Å². The van der Waals surface area contributed by atoms with Crippen LogP contribution in [0.5, 0.6) is 0 Å². The van der Waals surface area contributed by atoms with Gasteiger partial charge in [0.1, 0.15) is 0 Å². The maximum atomic E-state index is 9.01. The quantitative estimate of drug-likeness (QED) is 0.719. The number of benzene rings is 1. The Labute approximate surface area is 125 Å². The second kappa shape index (κ2) is 6.15. The molecule has 0 N–H and O–H groups in total. The van der Waals surface area contributed by atoms with E-state index in [1.165, 1.54) is 16.0 Å². The van der Waals surface area contributed by atoms with Crippen molar-refractivity contribution in [2.45, 2.75) is 29.9 Å². The van der Waals surface area contributed by atoms with Crippen LogP contribution in [0.25, 0.3) is 0 Å². The van der Waals surface area contributed by atoms with Crippen LogP contribution in [0.1, 0.15) is 30.9 Å². The fourth-order valence-electron chi connectivity index (χ4n) is 2.77. The van der Waals surface area contributed by atoms with E-state index in [2.05, 4.69) is 39.1 Å². The molecule has 1 heterocycles. The zero-order valence-electron chi connectivity index (χ0n) is 12.0. The highest BCUT2D eigenvalue weighted by Gasteiger charge is 2.34. The first-order valence-electron chi connectivity index (χ1n) is 6.78. The van der Waals surface area contributed by atoms with Crippen molar-refractivity contribution in [2.75, 3.05) is 0 Å². The lowest BCUT2D eigenvalue weighted by Gasteiger charge is -2.23. The molecule has 0 fully saturated rings. The molecule has 0 saturated heterocycles. The van der Waals surface area contributed by atoms with Gasteiger partial charge in [0.25, 0.3) is 0 Å². The highest BCUT2D eigenvalue weighted by Crippen LogP contribution is 2.49. The zero-order valence-corrected chi connectivity index (χ0v) is 12.8. The Bertz CT molecular complexity index is 606. The molecule has 2 heteroatoms. The minimum Gasteiger partial charge on any atom is -0.192 e. The van der Waals surface area contributed by atoms with E-state index in [0.29, 0.717) is 17.1 Å². The number of fused-ring (bicyclic) bond motifs is 1. The lowest BCUT2D eigenvalue weighted by molar-refractivity contribution is 0.580. The summed E-state index contributed by atoms with van der Waals surface area (Å²) >= 11 is 1.88. The zero-order chi connectivity index (χ0) is 14.7. The molecule has 0 saturated carbocycles. The minimum atomic E-state index is 0.406. The summed E-state index contributed by atoms with van der Waals surface area (Å²) < 4.78 is 0. The third-order valence-corrected chi connectivity index (χ3v) is 5.65. The number of hydrogen-bond donors (Lipinski definition) is 0. The van der Waals surface area contributed by atoms with Crippen LogP contribution in [-0.4, -0.2) is 5.25 Å². The summed E-state index contributed by atoms with van der Waals surface area (Å²) in [6.07, 6.45) is 5.77. The molecular weight excluding hydrogens is 262 g/mol. The maximum absolute atomic E-state index is 9.01. The first-order valence-corrected chi connectivity index (χ1v) is 7.66. The van der Waals surface area contributed by atoms with Gasteiger partial charge in [-0.25, -0.2) is 0 Å². The molecule has 1 aliphatic heterocycles. The van der Waals surface area contributed by atoms with Crippen LogP contribution < -0.4 is 0 Å². The van der Waals surface area contributed by atoms with Crippen molar-refractivity contribution in [3.8, 4) is 6.07 Å². The van der Waals surface area contributed by atoms with E-state index in [-0.39, 0.29) is 0 Å². The van der Waals surface area contributed by atoms with Crippen molar-refractivity contribution in [1.29, 1.82) is 5.26 Å². The van der Waals surface area contributed by atoms with Crippen LogP contribution in [0.2, 0.25) is 0 Å². The number of rotatable bonds is 4. The van der Waals surface area contributed by atoms with Gasteiger partial charge in [0, 0.05) is 10.1 Å². The van der Waals surface area contributed by atoms with Gasteiger partial charge in [-0.2, -0.15) is 5.26 Å². The van der Waals surface area contributed by atoms with Crippen molar-refractivity contribution in [1.82, 2.24) is 0 Å². The van der Waals surface area contributed by atoms with Gasteiger partial charge in [0.2, 0.25) is 0 Å². The molecule has 0 amide bonds. The summed E-state index contributed by atoms with van der Waals surface area (Å²) in [5.41, 5.74) is 3.31. The van der Waals surface area contributed by atoms with Gasteiger partial charge < -0.3 is 0 Å². The Kier molecular flexibility index (Phi) is 4.52. The summed E-state index contributed by atoms with van der Waals surface area (Å²) in [6.45, 7) is 12.2. The highest BCUT2D eigenvalue weighted by atomic mass is 32.2. The Morgan fingerprint density at radius 3 is 2.80 bits per heavy atom. The minimum absolute atomic E-state index is 0.406. The van der Waals surface area contributed by atoms with Crippen molar-refractivity contribution in [3.05, 3.63) is 66.3 Å². The lowest BCUT2D eigenvalue weighted by Crippen LogP contribution is -2.18. The van der Waals surface area contributed by atoms with Gasteiger partial charge in [-0.05, 0) is 35.1 Å². The summed E-state index contributed by atoms with van der Waals surface area (Å²) in [6, 6.07) is 8.24. The molecule has 0 radical (unpaired) electrons. The Morgan fingerprint density at radius 1 is 1.45 bits per heavy atom. The molecule has 3 atom stereocenters. The Hall–Kier alpha value is -1.72. The molecule has 3 unspecified atom stereocenters. The standard InChI is InChI=1S/C18H19NS/c1-5-7-15(6-2)12(3)18-13(4)16-9-8-14(11-19)10-17(16)20-18/h5-10,12-13,18H,1-2H2,3-4H3/b15-7+. The van der Waals surface area contributed by atoms with Gasteiger partial charge in [-0.15, -0.1) is 11.8 Å². The van der Waals surface area contributed by atoms with E-state index in [1.54, 1.807) is 0 Å². The highest BCUT2D eigenvalue weighted by molar-refractivity contribution is 8.00. The monoisotopic (exact) mass is 281 g/mol. The van der Waals surface area contributed by atoms with Gasteiger partial charge in [0.15, 0.2) is 0 Å². The smallest absolute Gasteiger partial charge is 0.0992 e. The van der Waals surface area contributed by atoms with Crippen LogP contribution in [0, 0.1) is 17.2 Å². The molecule has 0 bridgehead atoms.